The number of anilines is 1. The van der Waals surface area contributed by atoms with Crippen molar-refractivity contribution in [2.24, 2.45) is 11.8 Å². The second-order valence-electron chi connectivity index (χ2n) is 9.27. The molecule has 0 bridgehead atoms. The van der Waals surface area contributed by atoms with Crippen molar-refractivity contribution in [1.29, 1.82) is 5.26 Å². The lowest BCUT2D eigenvalue weighted by Gasteiger charge is -2.44. The van der Waals surface area contributed by atoms with Gasteiger partial charge in [-0.2, -0.15) is 5.26 Å². The highest BCUT2D eigenvalue weighted by atomic mass is 35.5. The molecular weight excluding hydrogens is 452 g/mol. The van der Waals surface area contributed by atoms with Gasteiger partial charge < -0.3 is 19.5 Å². The Morgan fingerprint density at radius 2 is 2.03 bits per heavy atom. The molecule has 0 aliphatic carbocycles. The number of nitriles is 1. The summed E-state index contributed by atoms with van der Waals surface area (Å²) in [5, 5.41) is 13.0. The minimum absolute atomic E-state index is 0.0925. The average molecular weight is 483 g/mol. The van der Waals surface area contributed by atoms with Crippen molar-refractivity contribution >= 4 is 23.3 Å². The Bertz CT molecular complexity index is 1100. The van der Waals surface area contributed by atoms with E-state index < -0.39 is 6.10 Å². The molecule has 1 saturated heterocycles. The molecule has 0 aromatic heterocycles. The van der Waals surface area contributed by atoms with Crippen LogP contribution in [0.1, 0.15) is 56.9 Å². The monoisotopic (exact) mass is 482 g/mol. The first kappa shape index (κ1) is 24.4. The van der Waals surface area contributed by atoms with Crippen LogP contribution in [0.5, 0.6) is 5.75 Å². The Kier molecular flexibility index (Phi) is 7.35. The number of esters is 1. The molecule has 34 heavy (non-hydrogen) atoms. The summed E-state index contributed by atoms with van der Waals surface area (Å²) in [7, 11) is 0. The fourth-order valence-electron chi connectivity index (χ4n) is 4.92. The SMILES string of the molecule is CC[C@H]1O[C@@H](c2ccc(Cl)c(Cc3ccc4c(c3)NCC(C#N)O4)c2)C(OC(C)=O)[C@@H](C)C1C. The Morgan fingerprint density at radius 1 is 1.24 bits per heavy atom. The molecule has 6 atom stereocenters. The minimum atomic E-state index is -0.484. The number of hydrogen-bond acceptors (Lipinski definition) is 6. The summed E-state index contributed by atoms with van der Waals surface area (Å²) in [5.41, 5.74) is 3.86. The first-order chi connectivity index (χ1) is 16.3. The summed E-state index contributed by atoms with van der Waals surface area (Å²) < 4.78 is 17.9. The molecule has 1 fully saturated rings. The van der Waals surface area contributed by atoms with Crippen molar-refractivity contribution in [3.8, 4) is 11.8 Å². The van der Waals surface area contributed by atoms with Gasteiger partial charge in [-0.25, -0.2) is 0 Å². The predicted molar refractivity (Wildman–Crippen MR) is 131 cm³/mol. The standard InChI is InChI=1S/C27H31ClN2O4/c1-5-24-15(2)16(3)26(32-17(4)31)27(34-24)19-7-8-22(28)20(12-19)10-18-6-9-25-23(11-18)30-14-21(13-29)33-25/h6-9,11-12,15-16,21,24,26-27,30H,5,10,14H2,1-4H3/t15?,16-,21?,24+,26?,27-/m0/s1. The van der Waals surface area contributed by atoms with E-state index in [-0.39, 0.29) is 36.1 Å². The summed E-state index contributed by atoms with van der Waals surface area (Å²) in [4.78, 5) is 11.9. The van der Waals surface area contributed by atoms with Crippen molar-refractivity contribution in [3.05, 3.63) is 58.1 Å². The summed E-state index contributed by atoms with van der Waals surface area (Å²) in [5.74, 6) is 0.818. The van der Waals surface area contributed by atoms with Gasteiger partial charge in [0.25, 0.3) is 0 Å². The molecule has 2 aromatic carbocycles. The van der Waals surface area contributed by atoms with E-state index >= 15 is 0 Å². The Labute approximate surface area is 206 Å². The zero-order valence-electron chi connectivity index (χ0n) is 20.0. The van der Waals surface area contributed by atoms with E-state index in [9.17, 15) is 4.79 Å². The lowest BCUT2D eigenvalue weighted by molar-refractivity contribution is -0.196. The second kappa shape index (κ2) is 10.2. The van der Waals surface area contributed by atoms with Crippen LogP contribution in [-0.2, 0) is 20.7 Å². The molecule has 2 aromatic rings. The zero-order valence-corrected chi connectivity index (χ0v) is 20.8. The molecule has 4 rings (SSSR count). The van der Waals surface area contributed by atoms with Crippen LogP contribution in [-0.4, -0.2) is 30.8 Å². The Hall–Kier alpha value is -2.75. The molecule has 2 aliphatic heterocycles. The molecule has 7 heteroatoms. The minimum Gasteiger partial charge on any atom is -0.472 e. The zero-order chi connectivity index (χ0) is 24.4. The molecule has 6 nitrogen and oxygen atoms in total. The highest BCUT2D eigenvalue weighted by Crippen LogP contribution is 2.42. The lowest BCUT2D eigenvalue weighted by Crippen LogP contribution is -2.46. The van der Waals surface area contributed by atoms with E-state index in [2.05, 4.69) is 38.2 Å². The van der Waals surface area contributed by atoms with Crippen molar-refractivity contribution in [3.63, 3.8) is 0 Å². The Balaban J connectivity index is 1.61. The van der Waals surface area contributed by atoms with E-state index in [0.717, 1.165) is 28.8 Å². The molecule has 1 N–H and O–H groups in total. The molecule has 0 amide bonds. The number of halogens is 1. The first-order valence-electron chi connectivity index (χ1n) is 11.8. The highest BCUT2D eigenvalue weighted by Gasteiger charge is 2.43. The Morgan fingerprint density at radius 3 is 2.74 bits per heavy atom. The third-order valence-corrected chi connectivity index (χ3v) is 7.35. The van der Waals surface area contributed by atoms with Crippen LogP contribution in [0.15, 0.2) is 36.4 Å². The topological polar surface area (TPSA) is 80.6 Å². The van der Waals surface area contributed by atoms with E-state index in [4.69, 9.17) is 31.1 Å². The van der Waals surface area contributed by atoms with Gasteiger partial charge >= 0.3 is 5.97 Å². The quantitative estimate of drug-likeness (QED) is 0.552. The molecular formula is C27H31ClN2O4. The van der Waals surface area contributed by atoms with Crippen molar-refractivity contribution < 1.29 is 19.0 Å². The number of nitrogens with zero attached hydrogens (tertiary/aromatic N) is 1. The molecule has 0 spiro atoms. The van der Waals surface area contributed by atoms with E-state index in [1.165, 1.54) is 6.92 Å². The predicted octanol–water partition coefficient (Wildman–Crippen LogP) is 5.68. The number of ether oxygens (including phenoxy) is 3. The molecule has 3 unspecified atom stereocenters. The highest BCUT2D eigenvalue weighted by molar-refractivity contribution is 6.31. The van der Waals surface area contributed by atoms with Crippen molar-refractivity contribution in [2.75, 3.05) is 11.9 Å². The van der Waals surface area contributed by atoms with Crippen LogP contribution >= 0.6 is 11.6 Å². The molecule has 2 heterocycles. The van der Waals surface area contributed by atoms with Gasteiger partial charge in [0, 0.05) is 17.9 Å². The van der Waals surface area contributed by atoms with E-state index in [1.807, 2.05) is 30.3 Å². The largest absolute Gasteiger partial charge is 0.472 e. The number of nitrogens with one attached hydrogen (secondary N) is 1. The number of benzene rings is 2. The summed E-state index contributed by atoms with van der Waals surface area (Å²) in [6.45, 7) is 8.31. The maximum Gasteiger partial charge on any atom is 0.303 e. The van der Waals surface area contributed by atoms with Gasteiger partial charge in [0.15, 0.2) is 0 Å². The smallest absolute Gasteiger partial charge is 0.303 e. The van der Waals surface area contributed by atoms with Gasteiger partial charge in [-0.3, -0.25) is 4.79 Å². The van der Waals surface area contributed by atoms with Gasteiger partial charge in [-0.1, -0.05) is 50.6 Å². The van der Waals surface area contributed by atoms with E-state index in [0.29, 0.717) is 23.7 Å². The van der Waals surface area contributed by atoms with Crippen LogP contribution in [0.2, 0.25) is 5.02 Å². The molecule has 0 saturated carbocycles. The normalized spacial score (nSPS) is 28.1. The van der Waals surface area contributed by atoms with Crippen LogP contribution in [0.4, 0.5) is 5.69 Å². The van der Waals surface area contributed by atoms with Gasteiger partial charge in [0.2, 0.25) is 6.10 Å². The maximum absolute atomic E-state index is 11.9. The van der Waals surface area contributed by atoms with Gasteiger partial charge in [-0.15, -0.1) is 0 Å². The van der Waals surface area contributed by atoms with Gasteiger partial charge in [-0.05, 0) is 53.6 Å². The van der Waals surface area contributed by atoms with Crippen LogP contribution in [0.25, 0.3) is 0 Å². The average Bonchev–Trinajstić information content (AvgIpc) is 2.83. The number of fused-ring (bicyclic) bond motifs is 1. The van der Waals surface area contributed by atoms with Crippen LogP contribution in [0, 0.1) is 23.2 Å². The van der Waals surface area contributed by atoms with Crippen LogP contribution < -0.4 is 10.1 Å². The fourth-order valence-corrected chi connectivity index (χ4v) is 5.11. The van der Waals surface area contributed by atoms with Crippen molar-refractivity contribution in [1.82, 2.24) is 0 Å². The number of rotatable bonds is 5. The van der Waals surface area contributed by atoms with E-state index in [1.54, 1.807) is 0 Å². The molecule has 0 radical (unpaired) electrons. The first-order valence-corrected chi connectivity index (χ1v) is 12.2. The van der Waals surface area contributed by atoms with Gasteiger partial charge in [0.05, 0.1) is 18.3 Å². The number of carbonyl (C=O) groups excluding carboxylic acids is 1. The number of carbonyl (C=O) groups is 1. The lowest BCUT2D eigenvalue weighted by atomic mass is 9.78. The van der Waals surface area contributed by atoms with Gasteiger partial charge in [0.1, 0.15) is 24.0 Å². The number of hydrogen-bond donors (Lipinski definition) is 1. The summed E-state index contributed by atoms with van der Waals surface area (Å²) >= 11 is 6.59. The second-order valence-corrected chi connectivity index (χ2v) is 9.68. The summed E-state index contributed by atoms with van der Waals surface area (Å²) in [6, 6.07) is 13.9. The van der Waals surface area contributed by atoms with Crippen molar-refractivity contribution in [2.45, 2.75) is 65.0 Å². The maximum atomic E-state index is 11.9. The third kappa shape index (κ3) is 5.01. The van der Waals surface area contributed by atoms with Crippen LogP contribution in [0.3, 0.4) is 0 Å². The fraction of sp³-hybridized carbons (Fsp3) is 0.481. The molecule has 2 aliphatic rings. The third-order valence-electron chi connectivity index (χ3n) is 6.99. The summed E-state index contributed by atoms with van der Waals surface area (Å²) in [6.07, 6.45) is 0.418. The molecule has 180 valence electrons.